The average Bonchev–Trinajstić information content (AvgIpc) is 2.64. The van der Waals surface area contributed by atoms with E-state index in [-0.39, 0.29) is 28.7 Å². The van der Waals surface area contributed by atoms with E-state index < -0.39 is 11.9 Å². The maximum absolute atomic E-state index is 12.4. The van der Waals surface area contributed by atoms with Crippen molar-refractivity contribution in [2.75, 3.05) is 19.0 Å². The third-order valence-electron chi connectivity index (χ3n) is 3.94. The van der Waals surface area contributed by atoms with Crippen LogP contribution < -0.4 is 5.32 Å². The molecule has 6 nitrogen and oxygen atoms in total. The van der Waals surface area contributed by atoms with Crippen LogP contribution in [-0.4, -0.2) is 36.3 Å². The zero-order valence-corrected chi connectivity index (χ0v) is 16.2. The van der Waals surface area contributed by atoms with Gasteiger partial charge in [0.05, 0.1) is 23.4 Å². The first-order valence-electron chi connectivity index (χ1n) is 8.29. The maximum Gasteiger partial charge on any atom is 0.337 e. The second-order valence-corrected chi connectivity index (χ2v) is 6.50. The zero-order chi connectivity index (χ0) is 20.0. The molecule has 0 fully saturated rings. The molecule has 2 rings (SSSR count). The van der Waals surface area contributed by atoms with E-state index in [9.17, 15) is 14.4 Å². The number of methoxy groups -OCH3 is 1. The van der Waals surface area contributed by atoms with Crippen molar-refractivity contribution in [2.24, 2.45) is 0 Å². The standard InChI is InChI=1S/C20H21ClN2O4/c1-13-4-6-15(7-5-13)11-23(14(2)24)12-19(25)22-18-10-16(20(26)27-3)8-9-17(18)21/h4-10H,11-12H2,1-3H3,(H,22,25). The monoisotopic (exact) mass is 388 g/mol. The minimum absolute atomic E-state index is 0.137. The van der Waals surface area contributed by atoms with Gasteiger partial charge in [-0.3, -0.25) is 9.59 Å². The van der Waals surface area contributed by atoms with Crippen molar-refractivity contribution in [3.8, 4) is 0 Å². The Kier molecular flexibility index (Phi) is 6.96. The first-order chi connectivity index (χ1) is 12.8. The summed E-state index contributed by atoms with van der Waals surface area (Å²) in [7, 11) is 1.27. The number of amides is 2. The summed E-state index contributed by atoms with van der Waals surface area (Å²) >= 11 is 6.08. The summed E-state index contributed by atoms with van der Waals surface area (Å²) < 4.78 is 4.66. The molecule has 0 spiro atoms. The first kappa shape index (κ1) is 20.5. The predicted molar refractivity (Wildman–Crippen MR) is 104 cm³/mol. The Bertz CT molecular complexity index is 850. The molecule has 2 amide bonds. The van der Waals surface area contributed by atoms with Crippen molar-refractivity contribution in [3.63, 3.8) is 0 Å². The fourth-order valence-corrected chi connectivity index (χ4v) is 2.59. The van der Waals surface area contributed by atoms with Gasteiger partial charge in [0, 0.05) is 13.5 Å². The minimum Gasteiger partial charge on any atom is -0.465 e. The molecule has 0 unspecified atom stereocenters. The summed E-state index contributed by atoms with van der Waals surface area (Å²) in [4.78, 5) is 37.4. The van der Waals surface area contributed by atoms with E-state index in [2.05, 4.69) is 10.1 Å². The minimum atomic E-state index is -0.535. The molecule has 0 saturated heterocycles. The number of rotatable bonds is 6. The van der Waals surface area contributed by atoms with Crippen molar-refractivity contribution >= 4 is 35.1 Å². The van der Waals surface area contributed by atoms with Crippen molar-refractivity contribution in [3.05, 3.63) is 64.2 Å². The number of hydrogen-bond acceptors (Lipinski definition) is 4. The Morgan fingerprint density at radius 1 is 1.11 bits per heavy atom. The van der Waals surface area contributed by atoms with Gasteiger partial charge in [0.1, 0.15) is 6.54 Å². The molecule has 0 saturated carbocycles. The van der Waals surface area contributed by atoms with E-state index in [1.165, 1.54) is 37.1 Å². The summed E-state index contributed by atoms with van der Waals surface area (Å²) in [6.45, 7) is 3.57. The molecule has 1 N–H and O–H groups in total. The van der Waals surface area contributed by atoms with Gasteiger partial charge < -0.3 is 15.0 Å². The van der Waals surface area contributed by atoms with Crippen LogP contribution in [0.4, 0.5) is 5.69 Å². The predicted octanol–water partition coefficient (Wildman–Crippen LogP) is 3.42. The Morgan fingerprint density at radius 2 is 1.78 bits per heavy atom. The van der Waals surface area contributed by atoms with Crippen molar-refractivity contribution < 1.29 is 19.1 Å². The van der Waals surface area contributed by atoms with Crippen LogP contribution in [0.2, 0.25) is 5.02 Å². The molecular weight excluding hydrogens is 368 g/mol. The number of carbonyl (C=O) groups excluding carboxylic acids is 3. The summed E-state index contributed by atoms with van der Waals surface area (Å²) in [6.07, 6.45) is 0. The summed E-state index contributed by atoms with van der Waals surface area (Å²) in [5, 5.41) is 2.92. The number of carbonyl (C=O) groups is 3. The fraction of sp³-hybridized carbons (Fsp3) is 0.250. The molecule has 0 aromatic heterocycles. The number of nitrogens with one attached hydrogen (secondary N) is 1. The highest BCUT2D eigenvalue weighted by atomic mass is 35.5. The van der Waals surface area contributed by atoms with Crippen LogP contribution >= 0.6 is 11.6 Å². The summed E-state index contributed by atoms with van der Waals surface area (Å²) in [6, 6.07) is 12.2. The lowest BCUT2D eigenvalue weighted by Gasteiger charge is -2.21. The van der Waals surface area contributed by atoms with Gasteiger partial charge in [-0.25, -0.2) is 4.79 Å². The molecule has 0 aliphatic carbocycles. The third-order valence-corrected chi connectivity index (χ3v) is 4.26. The Hall–Kier alpha value is -2.86. The Morgan fingerprint density at radius 3 is 2.37 bits per heavy atom. The van der Waals surface area contributed by atoms with E-state index in [0.717, 1.165) is 11.1 Å². The zero-order valence-electron chi connectivity index (χ0n) is 15.4. The number of hydrogen-bond donors (Lipinski definition) is 1. The van der Waals surface area contributed by atoms with Gasteiger partial charge in [0.25, 0.3) is 0 Å². The number of ether oxygens (including phenoxy) is 1. The molecule has 142 valence electrons. The van der Waals surface area contributed by atoms with Gasteiger partial charge in [0.2, 0.25) is 11.8 Å². The van der Waals surface area contributed by atoms with Gasteiger partial charge in [-0.2, -0.15) is 0 Å². The fourth-order valence-electron chi connectivity index (χ4n) is 2.42. The smallest absolute Gasteiger partial charge is 0.337 e. The maximum atomic E-state index is 12.4. The van der Waals surface area contributed by atoms with Crippen LogP contribution in [0.5, 0.6) is 0 Å². The molecule has 0 aliphatic rings. The van der Waals surface area contributed by atoms with E-state index in [0.29, 0.717) is 6.54 Å². The van der Waals surface area contributed by atoms with Crippen LogP contribution in [0, 0.1) is 6.92 Å². The first-order valence-corrected chi connectivity index (χ1v) is 8.66. The topological polar surface area (TPSA) is 75.7 Å². The van der Waals surface area contributed by atoms with Gasteiger partial charge in [-0.1, -0.05) is 41.4 Å². The number of benzene rings is 2. The largest absolute Gasteiger partial charge is 0.465 e. The van der Waals surface area contributed by atoms with Crippen LogP contribution in [0.25, 0.3) is 0 Å². The summed E-state index contributed by atoms with van der Waals surface area (Å²) in [5.74, 6) is -1.17. The molecule has 0 radical (unpaired) electrons. The number of aryl methyl sites for hydroxylation is 1. The van der Waals surface area contributed by atoms with Crippen LogP contribution in [0.3, 0.4) is 0 Å². The third kappa shape index (κ3) is 5.82. The lowest BCUT2D eigenvalue weighted by Crippen LogP contribution is -2.36. The van der Waals surface area contributed by atoms with Gasteiger partial charge in [0.15, 0.2) is 0 Å². The Balaban J connectivity index is 2.08. The molecule has 0 atom stereocenters. The highest BCUT2D eigenvalue weighted by molar-refractivity contribution is 6.33. The van der Waals surface area contributed by atoms with E-state index in [1.807, 2.05) is 31.2 Å². The normalized spacial score (nSPS) is 10.2. The van der Waals surface area contributed by atoms with E-state index in [1.54, 1.807) is 0 Å². The van der Waals surface area contributed by atoms with Gasteiger partial charge in [-0.15, -0.1) is 0 Å². The highest BCUT2D eigenvalue weighted by Crippen LogP contribution is 2.23. The van der Waals surface area contributed by atoms with Gasteiger partial charge in [-0.05, 0) is 30.7 Å². The Labute approximate surface area is 163 Å². The lowest BCUT2D eigenvalue weighted by molar-refractivity contribution is -0.133. The molecule has 2 aromatic rings. The lowest BCUT2D eigenvalue weighted by atomic mass is 10.1. The second-order valence-electron chi connectivity index (χ2n) is 6.10. The number of anilines is 1. The van der Waals surface area contributed by atoms with Crippen molar-refractivity contribution in [1.82, 2.24) is 4.90 Å². The number of esters is 1. The van der Waals surface area contributed by atoms with E-state index >= 15 is 0 Å². The molecule has 0 aliphatic heterocycles. The molecule has 7 heteroatoms. The number of nitrogens with zero attached hydrogens (tertiary/aromatic N) is 1. The van der Waals surface area contributed by atoms with Crippen molar-refractivity contribution in [1.29, 1.82) is 0 Å². The summed E-state index contributed by atoms with van der Waals surface area (Å²) in [5.41, 5.74) is 2.59. The number of halogens is 1. The molecule has 0 heterocycles. The second kappa shape index (κ2) is 9.19. The SMILES string of the molecule is COC(=O)c1ccc(Cl)c(NC(=O)CN(Cc2ccc(C)cc2)C(C)=O)c1. The molecule has 27 heavy (non-hydrogen) atoms. The van der Waals surface area contributed by atoms with Crippen LogP contribution in [0.15, 0.2) is 42.5 Å². The molecular formula is C20H21ClN2O4. The van der Waals surface area contributed by atoms with E-state index in [4.69, 9.17) is 11.6 Å². The van der Waals surface area contributed by atoms with Gasteiger partial charge >= 0.3 is 5.97 Å². The van der Waals surface area contributed by atoms with Crippen LogP contribution in [0.1, 0.15) is 28.4 Å². The van der Waals surface area contributed by atoms with Crippen LogP contribution in [-0.2, 0) is 20.9 Å². The average molecular weight is 389 g/mol. The quantitative estimate of drug-likeness (QED) is 0.769. The molecule has 2 aromatic carbocycles. The highest BCUT2D eigenvalue weighted by Gasteiger charge is 2.16. The molecule has 0 bridgehead atoms. The van der Waals surface area contributed by atoms with Crippen molar-refractivity contribution in [2.45, 2.75) is 20.4 Å².